The van der Waals surface area contributed by atoms with Crippen molar-refractivity contribution in [2.45, 2.75) is 6.92 Å². The highest BCUT2D eigenvalue weighted by atomic mass is 35.5. The van der Waals surface area contributed by atoms with Gasteiger partial charge in [0, 0.05) is 18.5 Å². The number of carbonyl (C=O) groups excluding carboxylic acids is 1. The fraction of sp³-hybridized carbons (Fsp3) is 0.429. The second-order valence-corrected chi connectivity index (χ2v) is 2.66. The number of aryl methyl sites for hydroxylation is 1. The van der Waals surface area contributed by atoms with Gasteiger partial charge in [-0.25, -0.2) is 0 Å². The molecule has 0 aliphatic rings. The lowest BCUT2D eigenvalue weighted by atomic mass is 10.4. The molecule has 1 N–H and O–H groups in total. The van der Waals surface area contributed by atoms with Gasteiger partial charge >= 0.3 is 0 Å². The molecule has 4 nitrogen and oxygen atoms in total. The monoisotopic (exact) mass is 188 g/mol. The van der Waals surface area contributed by atoms with Gasteiger partial charge in [-0.2, -0.15) is 0 Å². The molecule has 0 aliphatic carbocycles. The molecule has 0 unspecified atom stereocenters. The topological polar surface area (TPSA) is 55.1 Å². The van der Waals surface area contributed by atoms with E-state index in [1.807, 2.05) is 0 Å². The Morgan fingerprint density at radius 3 is 3.08 bits per heavy atom. The Hall–Kier alpha value is -1.03. The van der Waals surface area contributed by atoms with E-state index in [1.165, 1.54) is 0 Å². The minimum Gasteiger partial charge on any atom is -0.351 e. The summed E-state index contributed by atoms with van der Waals surface area (Å²) in [5.41, 5.74) is 0.686. The minimum absolute atomic E-state index is 0.220. The lowest BCUT2D eigenvalue weighted by molar-refractivity contribution is 0.0919. The van der Waals surface area contributed by atoms with Gasteiger partial charge in [0.15, 0.2) is 0 Å². The van der Waals surface area contributed by atoms with E-state index in [9.17, 15) is 4.79 Å². The number of carbonyl (C=O) groups is 1. The van der Waals surface area contributed by atoms with E-state index in [4.69, 9.17) is 16.1 Å². The lowest BCUT2D eigenvalue weighted by Gasteiger charge is -1.96. The van der Waals surface area contributed by atoms with Crippen LogP contribution in [0.5, 0.6) is 0 Å². The number of hydrogen-bond donors (Lipinski definition) is 1. The molecule has 0 saturated carbocycles. The van der Waals surface area contributed by atoms with Crippen LogP contribution in [-0.4, -0.2) is 23.5 Å². The Morgan fingerprint density at radius 1 is 1.83 bits per heavy atom. The Balaban J connectivity index is 2.53. The zero-order chi connectivity index (χ0) is 8.97. The summed E-state index contributed by atoms with van der Waals surface area (Å²) < 4.78 is 4.72. The Kier molecular flexibility index (Phi) is 3.10. The van der Waals surface area contributed by atoms with Crippen LogP contribution in [0.25, 0.3) is 0 Å². The minimum atomic E-state index is -0.281. The second-order valence-electron chi connectivity index (χ2n) is 2.28. The van der Waals surface area contributed by atoms with Crippen molar-refractivity contribution in [1.29, 1.82) is 0 Å². The maximum Gasteiger partial charge on any atom is 0.289 e. The molecule has 1 heterocycles. The summed E-state index contributed by atoms with van der Waals surface area (Å²) in [5, 5.41) is 6.13. The number of rotatable bonds is 3. The van der Waals surface area contributed by atoms with E-state index < -0.39 is 0 Å². The first kappa shape index (κ1) is 9.06. The average molecular weight is 189 g/mol. The molecule has 1 aromatic heterocycles. The Labute approximate surface area is 74.9 Å². The van der Waals surface area contributed by atoms with Crippen molar-refractivity contribution in [3.63, 3.8) is 0 Å². The fourth-order valence-electron chi connectivity index (χ4n) is 0.718. The van der Waals surface area contributed by atoms with Crippen LogP contribution in [0.4, 0.5) is 0 Å². The van der Waals surface area contributed by atoms with Gasteiger partial charge in [0.2, 0.25) is 5.76 Å². The average Bonchev–Trinajstić information content (AvgIpc) is 2.47. The van der Waals surface area contributed by atoms with Gasteiger partial charge in [0.1, 0.15) is 0 Å². The predicted octanol–water partition coefficient (Wildman–Crippen LogP) is 0.952. The van der Waals surface area contributed by atoms with Gasteiger partial charge in [0.05, 0.1) is 5.69 Å². The van der Waals surface area contributed by atoms with Crippen molar-refractivity contribution in [1.82, 2.24) is 10.5 Å². The molecule has 0 atom stereocenters. The van der Waals surface area contributed by atoms with Crippen LogP contribution in [0.1, 0.15) is 16.2 Å². The summed E-state index contributed by atoms with van der Waals surface area (Å²) in [5.74, 6) is 0.327. The Bertz CT molecular complexity index is 272. The van der Waals surface area contributed by atoms with Crippen molar-refractivity contribution < 1.29 is 9.32 Å². The summed E-state index contributed by atoms with van der Waals surface area (Å²) in [6.45, 7) is 2.18. The molecule has 1 aromatic rings. The third-order valence-electron chi connectivity index (χ3n) is 1.23. The van der Waals surface area contributed by atoms with Gasteiger partial charge in [-0.15, -0.1) is 11.6 Å². The number of hydrogen-bond acceptors (Lipinski definition) is 3. The summed E-state index contributed by atoms with van der Waals surface area (Å²) in [4.78, 5) is 11.1. The highest BCUT2D eigenvalue weighted by Crippen LogP contribution is 2.00. The maximum absolute atomic E-state index is 11.1. The second kappa shape index (κ2) is 4.11. The summed E-state index contributed by atoms with van der Waals surface area (Å²) in [6, 6.07) is 1.57. The highest BCUT2D eigenvalue weighted by Gasteiger charge is 2.09. The first-order valence-electron chi connectivity index (χ1n) is 3.51. The van der Waals surface area contributed by atoms with E-state index >= 15 is 0 Å². The van der Waals surface area contributed by atoms with E-state index in [0.29, 0.717) is 18.1 Å². The zero-order valence-electron chi connectivity index (χ0n) is 6.63. The SMILES string of the molecule is Cc1cc(C(=O)NCCCl)on1. The van der Waals surface area contributed by atoms with E-state index in [2.05, 4.69) is 10.5 Å². The first-order chi connectivity index (χ1) is 5.74. The van der Waals surface area contributed by atoms with E-state index in [0.717, 1.165) is 0 Å². The van der Waals surface area contributed by atoms with Gasteiger partial charge in [-0.3, -0.25) is 4.79 Å². The van der Waals surface area contributed by atoms with Crippen molar-refractivity contribution >= 4 is 17.5 Å². The van der Waals surface area contributed by atoms with Crippen molar-refractivity contribution in [2.75, 3.05) is 12.4 Å². The molecular weight excluding hydrogens is 180 g/mol. The molecule has 0 spiro atoms. The van der Waals surface area contributed by atoms with Crippen LogP contribution < -0.4 is 5.32 Å². The van der Waals surface area contributed by atoms with Crippen molar-refractivity contribution in [3.8, 4) is 0 Å². The van der Waals surface area contributed by atoms with Crippen LogP contribution in [0.3, 0.4) is 0 Å². The van der Waals surface area contributed by atoms with E-state index in [1.54, 1.807) is 13.0 Å². The third kappa shape index (κ3) is 2.23. The van der Waals surface area contributed by atoms with Crippen LogP contribution in [0.15, 0.2) is 10.6 Å². The Morgan fingerprint density at radius 2 is 2.58 bits per heavy atom. The number of aromatic nitrogens is 1. The smallest absolute Gasteiger partial charge is 0.289 e. The molecule has 1 amide bonds. The van der Waals surface area contributed by atoms with Crippen LogP contribution in [0, 0.1) is 6.92 Å². The molecule has 0 aliphatic heterocycles. The number of nitrogens with zero attached hydrogens (tertiary/aromatic N) is 1. The van der Waals surface area contributed by atoms with Crippen LogP contribution in [-0.2, 0) is 0 Å². The molecule has 12 heavy (non-hydrogen) atoms. The summed E-state index contributed by atoms with van der Waals surface area (Å²) in [6.07, 6.45) is 0. The van der Waals surface area contributed by atoms with Crippen molar-refractivity contribution in [2.24, 2.45) is 0 Å². The number of nitrogens with one attached hydrogen (secondary N) is 1. The maximum atomic E-state index is 11.1. The normalized spacial score (nSPS) is 9.83. The largest absolute Gasteiger partial charge is 0.351 e. The standard InChI is InChI=1S/C7H9ClN2O2/c1-5-4-6(12-10-5)7(11)9-3-2-8/h4H,2-3H2,1H3,(H,9,11). The van der Waals surface area contributed by atoms with Gasteiger partial charge < -0.3 is 9.84 Å². The summed E-state index contributed by atoms with van der Waals surface area (Å²) >= 11 is 5.38. The molecule has 0 aromatic carbocycles. The zero-order valence-corrected chi connectivity index (χ0v) is 7.39. The van der Waals surface area contributed by atoms with Crippen molar-refractivity contribution in [3.05, 3.63) is 17.5 Å². The molecule has 0 bridgehead atoms. The molecule has 0 saturated heterocycles. The van der Waals surface area contributed by atoms with Crippen LogP contribution >= 0.6 is 11.6 Å². The van der Waals surface area contributed by atoms with Gasteiger partial charge in [-0.05, 0) is 6.92 Å². The molecule has 0 radical (unpaired) electrons. The quantitative estimate of drug-likeness (QED) is 0.719. The number of alkyl halides is 1. The predicted molar refractivity (Wildman–Crippen MR) is 44.3 cm³/mol. The first-order valence-corrected chi connectivity index (χ1v) is 4.05. The molecule has 1 rings (SSSR count). The number of amides is 1. The highest BCUT2D eigenvalue weighted by molar-refractivity contribution is 6.18. The molecular formula is C7H9ClN2O2. The fourth-order valence-corrected chi connectivity index (χ4v) is 0.813. The van der Waals surface area contributed by atoms with E-state index in [-0.39, 0.29) is 11.7 Å². The molecule has 5 heteroatoms. The van der Waals surface area contributed by atoms with Gasteiger partial charge in [0.25, 0.3) is 5.91 Å². The van der Waals surface area contributed by atoms with Gasteiger partial charge in [-0.1, -0.05) is 5.16 Å². The molecule has 0 fully saturated rings. The lowest BCUT2D eigenvalue weighted by Crippen LogP contribution is -2.24. The molecule has 66 valence electrons. The number of halogens is 1. The summed E-state index contributed by atoms with van der Waals surface area (Å²) in [7, 11) is 0. The third-order valence-corrected chi connectivity index (χ3v) is 1.42. The van der Waals surface area contributed by atoms with Crippen LogP contribution in [0.2, 0.25) is 0 Å².